The summed E-state index contributed by atoms with van der Waals surface area (Å²) in [7, 11) is 0. The van der Waals surface area contributed by atoms with Crippen LogP contribution in [-0.4, -0.2) is 29.1 Å². The molecule has 1 heterocycles. The Balaban J connectivity index is 1.63. The zero-order valence-corrected chi connectivity index (χ0v) is 12.8. The number of thioether (sulfide) groups is 1. The van der Waals surface area contributed by atoms with E-state index in [2.05, 4.69) is 10.1 Å². The van der Waals surface area contributed by atoms with Gasteiger partial charge in [-0.05, 0) is 49.8 Å². The van der Waals surface area contributed by atoms with Gasteiger partial charge in [-0.3, -0.25) is 0 Å². The Morgan fingerprint density at radius 1 is 1.38 bits per heavy atom. The molecule has 0 amide bonds. The maximum absolute atomic E-state index is 6.05. The summed E-state index contributed by atoms with van der Waals surface area (Å²) in [4.78, 5) is 5.57. The molecule has 1 saturated carbocycles. The van der Waals surface area contributed by atoms with Gasteiger partial charge in [0.15, 0.2) is 5.82 Å². The number of hydrogen-bond acceptors (Lipinski definition) is 6. The van der Waals surface area contributed by atoms with Crippen LogP contribution in [0.1, 0.15) is 31.1 Å². The van der Waals surface area contributed by atoms with Crippen LogP contribution in [0.2, 0.25) is 0 Å². The molecule has 0 saturated heterocycles. The summed E-state index contributed by atoms with van der Waals surface area (Å²) in [5.41, 5.74) is 6.95. The van der Waals surface area contributed by atoms with Crippen LogP contribution < -0.4 is 5.73 Å². The van der Waals surface area contributed by atoms with E-state index >= 15 is 0 Å². The number of nitrogens with two attached hydrogens (primary N) is 1. The number of nitrogens with zero attached hydrogens (tertiary/aromatic N) is 2. The van der Waals surface area contributed by atoms with E-state index in [1.54, 1.807) is 11.8 Å². The first kappa shape index (κ1) is 14.6. The van der Waals surface area contributed by atoms with E-state index in [4.69, 9.17) is 15.0 Å². The quantitative estimate of drug-likeness (QED) is 0.827. The van der Waals surface area contributed by atoms with E-state index in [9.17, 15) is 0 Å². The molecule has 5 nitrogen and oxygen atoms in total. The molecule has 1 atom stereocenters. The minimum atomic E-state index is -0.339. The van der Waals surface area contributed by atoms with Crippen LogP contribution in [0, 0.1) is 0 Å². The first-order valence-corrected chi connectivity index (χ1v) is 8.34. The largest absolute Gasteiger partial charge is 0.376 e. The summed E-state index contributed by atoms with van der Waals surface area (Å²) < 4.78 is 11.0. The normalized spacial score (nSPS) is 16.7. The third-order valence-electron chi connectivity index (χ3n) is 3.67. The maximum atomic E-state index is 6.05. The molecule has 1 aliphatic carbocycles. The second kappa shape index (κ2) is 6.60. The lowest BCUT2D eigenvalue weighted by Gasteiger charge is -2.26. The van der Waals surface area contributed by atoms with Crippen molar-refractivity contribution in [1.29, 1.82) is 0 Å². The van der Waals surface area contributed by atoms with E-state index in [0.29, 0.717) is 24.4 Å². The van der Waals surface area contributed by atoms with Crippen molar-refractivity contribution in [1.82, 2.24) is 10.1 Å². The highest BCUT2D eigenvalue weighted by molar-refractivity contribution is 7.98. The molecule has 6 heteroatoms. The molecule has 0 radical (unpaired) electrons. The highest BCUT2D eigenvalue weighted by atomic mass is 32.2. The van der Waals surface area contributed by atoms with Gasteiger partial charge in [0.25, 0.3) is 5.89 Å². The van der Waals surface area contributed by atoms with Gasteiger partial charge in [-0.1, -0.05) is 5.16 Å². The lowest BCUT2D eigenvalue weighted by atomic mass is 9.96. The Bertz CT molecular complexity index is 581. The molecule has 1 aliphatic rings. The van der Waals surface area contributed by atoms with Crippen molar-refractivity contribution in [3.05, 3.63) is 30.1 Å². The molecular weight excluding hydrogens is 286 g/mol. The summed E-state index contributed by atoms with van der Waals surface area (Å²) in [6.45, 7) is 0.440. The second-order valence-electron chi connectivity index (χ2n) is 5.18. The van der Waals surface area contributed by atoms with Crippen molar-refractivity contribution in [2.24, 2.45) is 5.73 Å². The minimum Gasteiger partial charge on any atom is -0.376 e. The van der Waals surface area contributed by atoms with Gasteiger partial charge in [0, 0.05) is 10.5 Å². The predicted octanol–water partition coefficient (Wildman–Crippen LogP) is 3.03. The highest BCUT2D eigenvalue weighted by Gasteiger charge is 2.21. The Morgan fingerprint density at radius 2 is 2.14 bits per heavy atom. The van der Waals surface area contributed by atoms with Gasteiger partial charge < -0.3 is 15.0 Å². The summed E-state index contributed by atoms with van der Waals surface area (Å²) in [5, 5.41) is 3.96. The highest BCUT2D eigenvalue weighted by Crippen LogP contribution is 2.24. The van der Waals surface area contributed by atoms with E-state index in [-0.39, 0.29) is 6.04 Å². The fraction of sp³-hybridized carbons (Fsp3) is 0.467. The molecule has 112 valence electrons. The number of benzene rings is 1. The molecule has 0 spiro atoms. The van der Waals surface area contributed by atoms with Crippen LogP contribution in [0.4, 0.5) is 0 Å². The van der Waals surface area contributed by atoms with Crippen molar-refractivity contribution in [3.8, 4) is 11.5 Å². The molecular formula is C15H19N3O2S. The van der Waals surface area contributed by atoms with Crippen LogP contribution in [0.25, 0.3) is 11.5 Å². The average Bonchev–Trinajstić information content (AvgIpc) is 2.95. The standard InChI is InChI=1S/C15H19N3O2S/c1-21-12-7-5-10(6-8-12)15-17-14(18-20-15)13(16)9-19-11-3-2-4-11/h5-8,11,13H,2-4,9,16H2,1H3. The van der Waals surface area contributed by atoms with Crippen LogP contribution >= 0.6 is 11.8 Å². The van der Waals surface area contributed by atoms with E-state index in [1.165, 1.54) is 11.3 Å². The van der Waals surface area contributed by atoms with Crippen molar-refractivity contribution < 1.29 is 9.26 Å². The Kier molecular flexibility index (Phi) is 4.57. The molecule has 3 rings (SSSR count). The second-order valence-corrected chi connectivity index (χ2v) is 6.06. The molecule has 1 aromatic heterocycles. The zero-order chi connectivity index (χ0) is 14.7. The first-order valence-electron chi connectivity index (χ1n) is 7.11. The first-order chi connectivity index (χ1) is 10.3. The Hall–Kier alpha value is -1.37. The lowest BCUT2D eigenvalue weighted by Crippen LogP contribution is -2.27. The van der Waals surface area contributed by atoms with Crippen molar-refractivity contribution in [2.45, 2.75) is 36.3 Å². The fourth-order valence-corrected chi connectivity index (χ4v) is 2.50. The SMILES string of the molecule is CSc1ccc(-c2nc(C(N)COC3CCC3)no2)cc1. The van der Waals surface area contributed by atoms with Gasteiger partial charge >= 0.3 is 0 Å². The van der Waals surface area contributed by atoms with Gasteiger partial charge in [-0.15, -0.1) is 11.8 Å². The topological polar surface area (TPSA) is 74.2 Å². The number of aromatic nitrogens is 2. The molecule has 1 unspecified atom stereocenters. The van der Waals surface area contributed by atoms with Crippen LogP contribution in [0.5, 0.6) is 0 Å². The molecule has 1 aromatic carbocycles. The maximum Gasteiger partial charge on any atom is 0.257 e. The van der Waals surface area contributed by atoms with Gasteiger partial charge in [-0.2, -0.15) is 4.98 Å². The number of hydrogen-bond donors (Lipinski definition) is 1. The average molecular weight is 305 g/mol. The van der Waals surface area contributed by atoms with E-state index in [1.807, 2.05) is 30.5 Å². The molecule has 0 bridgehead atoms. The van der Waals surface area contributed by atoms with Gasteiger partial charge in [0.2, 0.25) is 0 Å². The smallest absolute Gasteiger partial charge is 0.257 e. The summed E-state index contributed by atoms with van der Waals surface area (Å²) >= 11 is 1.70. The van der Waals surface area contributed by atoms with Crippen LogP contribution in [0.3, 0.4) is 0 Å². The number of rotatable bonds is 6. The summed E-state index contributed by atoms with van der Waals surface area (Å²) in [6.07, 6.45) is 5.92. The number of ether oxygens (including phenoxy) is 1. The molecule has 2 N–H and O–H groups in total. The van der Waals surface area contributed by atoms with Crippen molar-refractivity contribution in [3.63, 3.8) is 0 Å². The third-order valence-corrected chi connectivity index (χ3v) is 4.42. The van der Waals surface area contributed by atoms with Crippen LogP contribution in [0.15, 0.2) is 33.7 Å². The Labute approximate surface area is 128 Å². The fourth-order valence-electron chi connectivity index (χ4n) is 2.09. The molecule has 2 aromatic rings. The van der Waals surface area contributed by atoms with E-state index in [0.717, 1.165) is 18.4 Å². The molecule has 1 fully saturated rings. The minimum absolute atomic E-state index is 0.339. The van der Waals surface area contributed by atoms with Crippen LogP contribution in [-0.2, 0) is 4.74 Å². The zero-order valence-electron chi connectivity index (χ0n) is 12.0. The lowest BCUT2D eigenvalue weighted by molar-refractivity contribution is -0.00549. The molecule has 0 aliphatic heterocycles. The third kappa shape index (κ3) is 3.45. The van der Waals surface area contributed by atoms with Gasteiger partial charge in [0.1, 0.15) is 0 Å². The van der Waals surface area contributed by atoms with Crippen molar-refractivity contribution in [2.75, 3.05) is 12.9 Å². The summed E-state index contributed by atoms with van der Waals surface area (Å²) in [6, 6.07) is 7.67. The predicted molar refractivity (Wildman–Crippen MR) is 82.0 cm³/mol. The van der Waals surface area contributed by atoms with Crippen molar-refractivity contribution >= 4 is 11.8 Å². The van der Waals surface area contributed by atoms with Gasteiger partial charge in [0.05, 0.1) is 18.8 Å². The van der Waals surface area contributed by atoms with Gasteiger partial charge in [-0.25, -0.2) is 0 Å². The van der Waals surface area contributed by atoms with E-state index < -0.39 is 0 Å². The Morgan fingerprint density at radius 3 is 2.76 bits per heavy atom. The summed E-state index contributed by atoms with van der Waals surface area (Å²) in [5.74, 6) is 0.995. The monoisotopic (exact) mass is 305 g/mol. The molecule has 21 heavy (non-hydrogen) atoms.